The maximum absolute atomic E-state index is 5.67. The van der Waals surface area contributed by atoms with Gasteiger partial charge in [0.2, 0.25) is 0 Å². The molecule has 0 amide bonds. The lowest BCUT2D eigenvalue weighted by Crippen LogP contribution is -2.00. The largest absolute Gasteiger partial charge is 0.326 e. The zero-order chi connectivity index (χ0) is 11.7. The zero-order valence-electron chi connectivity index (χ0n) is 8.39. The summed E-state index contributed by atoms with van der Waals surface area (Å²) in [5.74, 6) is 0. The van der Waals surface area contributed by atoms with E-state index < -0.39 is 0 Å². The van der Waals surface area contributed by atoms with Crippen LogP contribution in [-0.2, 0) is 0 Å². The normalized spacial score (nSPS) is 10.4. The molecule has 4 heteroatoms. The number of hydrogen-bond acceptors (Lipinski definition) is 2. The first-order valence-electron chi connectivity index (χ1n) is 4.64. The fourth-order valence-corrected chi connectivity index (χ4v) is 3.89. The minimum Gasteiger partial charge on any atom is -0.326 e. The molecule has 0 unspecified atom stereocenters. The van der Waals surface area contributed by atoms with Gasteiger partial charge in [-0.15, -0.1) is 17.1 Å². The quantitative estimate of drug-likeness (QED) is 0.783. The highest BCUT2D eigenvalue weighted by atomic mass is 79.9. The number of benzene rings is 1. The average molecular weight is 359 g/mol. The molecule has 0 saturated carbocycles. The van der Waals surface area contributed by atoms with Crippen molar-refractivity contribution in [1.82, 2.24) is 0 Å². The van der Waals surface area contributed by atoms with Crippen LogP contribution in [-0.4, -0.2) is 6.54 Å². The van der Waals surface area contributed by atoms with Crippen molar-refractivity contribution < 1.29 is 0 Å². The Kier molecular flexibility index (Phi) is 3.67. The lowest BCUT2D eigenvalue weighted by Gasteiger charge is -1.97. The molecule has 2 aromatic rings. The van der Waals surface area contributed by atoms with Gasteiger partial charge >= 0.3 is 0 Å². The van der Waals surface area contributed by atoms with Crippen molar-refractivity contribution in [2.75, 3.05) is 6.54 Å². The van der Waals surface area contributed by atoms with Crippen molar-refractivity contribution in [3.05, 3.63) is 44.3 Å². The Labute approximate surface area is 115 Å². The van der Waals surface area contributed by atoms with E-state index in [1.54, 1.807) is 11.3 Å². The van der Waals surface area contributed by atoms with Crippen molar-refractivity contribution in [2.24, 2.45) is 5.73 Å². The van der Waals surface area contributed by atoms with E-state index in [4.69, 9.17) is 5.73 Å². The molecule has 1 aromatic heterocycles. The number of hydrogen-bond donors (Lipinski definition) is 1. The highest BCUT2D eigenvalue weighted by Crippen LogP contribution is 2.40. The molecule has 1 heterocycles. The summed E-state index contributed by atoms with van der Waals surface area (Å²) in [5, 5.41) is 1.19. The van der Waals surface area contributed by atoms with E-state index in [1.165, 1.54) is 10.1 Å². The molecule has 0 spiro atoms. The number of nitrogens with two attached hydrogens (primary N) is 1. The fourth-order valence-electron chi connectivity index (χ4n) is 1.48. The molecule has 1 nitrogen and oxygen atoms in total. The number of halogens is 2. The van der Waals surface area contributed by atoms with E-state index in [9.17, 15) is 0 Å². The second kappa shape index (κ2) is 4.86. The molecule has 0 aliphatic carbocycles. The van der Waals surface area contributed by atoms with Crippen LogP contribution in [0.2, 0.25) is 0 Å². The summed E-state index contributed by atoms with van der Waals surface area (Å²) in [6.07, 6.45) is 0. The van der Waals surface area contributed by atoms with Gasteiger partial charge in [-0.3, -0.25) is 0 Å². The van der Waals surface area contributed by atoms with Crippen LogP contribution in [0.25, 0.3) is 15.7 Å². The molecule has 0 saturated heterocycles. The maximum Gasteiger partial charge on any atom is 0.0547 e. The first-order chi connectivity index (χ1) is 7.67. The molecule has 82 valence electrons. The van der Waals surface area contributed by atoms with Crippen molar-refractivity contribution in [2.45, 2.75) is 0 Å². The van der Waals surface area contributed by atoms with Gasteiger partial charge in [-0.1, -0.05) is 22.5 Å². The van der Waals surface area contributed by atoms with E-state index in [2.05, 4.69) is 56.3 Å². The summed E-state index contributed by atoms with van der Waals surface area (Å²) in [6.45, 7) is 4.13. The van der Waals surface area contributed by atoms with Crippen LogP contribution in [0, 0.1) is 0 Å². The van der Waals surface area contributed by atoms with Gasteiger partial charge in [0.05, 0.1) is 4.88 Å². The van der Waals surface area contributed by atoms with Gasteiger partial charge in [-0.25, -0.2) is 0 Å². The van der Waals surface area contributed by atoms with Crippen LogP contribution in [0.5, 0.6) is 0 Å². The molecule has 2 N–H and O–H groups in total. The third-order valence-corrected chi connectivity index (χ3v) is 5.09. The van der Waals surface area contributed by atoms with Gasteiger partial charge in [0.15, 0.2) is 0 Å². The van der Waals surface area contributed by atoms with Gasteiger partial charge in [-0.05, 0) is 34.1 Å². The predicted octanol–water partition coefficient (Wildman–Crippen LogP) is 4.55. The topological polar surface area (TPSA) is 26.0 Å². The van der Waals surface area contributed by atoms with Crippen LogP contribution in [0.4, 0.5) is 0 Å². The van der Waals surface area contributed by atoms with Gasteiger partial charge < -0.3 is 5.73 Å². The van der Waals surface area contributed by atoms with Crippen molar-refractivity contribution in [3.63, 3.8) is 0 Å². The Morgan fingerprint density at radius 2 is 2.19 bits per heavy atom. The molecule has 0 radical (unpaired) electrons. The molecule has 0 atom stereocenters. The molecule has 0 fully saturated rings. The summed E-state index contributed by atoms with van der Waals surface area (Å²) in [6, 6.07) is 6.22. The van der Waals surface area contributed by atoms with Crippen LogP contribution in [0.3, 0.4) is 0 Å². The van der Waals surface area contributed by atoms with Crippen molar-refractivity contribution >= 4 is 58.9 Å². The molecular weight excluding hydrogens is 350 g/mol. The monoisotopic (exact) mass is 357 g/mol. The number of fused-ring (bicyclic) bond motifs is 1. The van der Waals surface area contributed by atoms with Crippen molar-refractivity contribution in [3.8, 4) is 0 Å². The van der Waals surface area contributed by atoms with Crippen molar-refractivity contribution in [1.29, 1.82) is 0 Å². The van der Waals surface area contributed by atoms with Crippen LogP contribution < -0.4 is 5.73 Å². The standard InChI is InChI=1S/C12H9Br2NS/c1-2-7(6-15)12-11(14)9-5-8(13)3-4-10(9)16-12/h3-5H,1,6,15H2. The van der Waals surface area contributed by atoms with E-state index in [1.807, 2.05) is 6.07 Å². The SMILES string of the molecule is C=C=C(CN)c1sc2ccc(Br)cc2c1Br. The van der Waals surface area contributed by atoms with E-state index >= 15 is 0 Å². The zero-order valence-corrected chi connectivity index (χ0v) is 12.4. The number of thiophene rings is 1. The predicted molar refractivity (Wildman–Crippen MR) is 78.8 cm³/mol. The first-order valence-corrected chi connectivity index (χ1v) is 7.04. The van der Waals surface area contributed by atoms with Crippen LogP contribution >= 0.6 is 43.2 Å². The Bertz CT molecular complexity index is 594. The lowest BCUT2D eigenvalue weighted by atomic mass is 10.2. The second-order valence-electron chi connectivity index (χ2n) is 3.25. The van der Waals surface area contributed by atoms with Gasteiger partial charge in [0.25, 0.3) is 0 Å². The van der Waals surface area contributed by atoms with E-state index in [-0.39, 0.29) is 0 Å². The molecule has 1 aromatic carbocycles. The van der Waals surface area contributed by atoms with Gasteiger partial charge in [0, 0.05) is 31.1 Å². The molecule has 0 bridgehead atoms. The Morgan fingerprint density at radius 1 is 1.44 bits per heavy atom. The van der Waals surface area contributed by atoms with E-state index in [0.29, 0.717) is 6.54 Å². The lowest BCUT2D eigenvalue weighted by molar-refractivity contribution is 1.28. The number of rotatable bonds is 2. The Morgan fingerprint density at radius 3 is 2.81 bits per heavy atom. The minimum atomic E-state index is 0.454. The summed E-state index contributed by atoms with van der Waals surface area (Å²) < 4.78 is 3.37. The third-order valence-electron chi connectivity index (χ3n) is 2.28. The molecule has 16 heavy (non-hydrogen) atoms. The van der Waals surface area contributed by atoms with Gasteiger partial charge in [-0.2, -0.15) is 0 Å². The summed E-state index contributed by atoms with van der Waals surface area (Å²) in [4.78, 5) is 1.12. The smallest absolute Gasteiger partial charge is 0.0547 e. The molecular formula is C12H9Br2NS. The third kappa shape index (κ3) is 2.04. The summed E-state index contributed by atoms with van der Waals surface area (Å²) >= 11 is 8.79. The first kappa shape index (κ1) is 12.1. The fraction of sp³-hybridized carbons (Fsp3) is 0.0833. The maximum atomic E-state index is 5.67. The van der Waals surface area contributed by atoms with E-state index in [0.717, 1.165) is 19.4 Å². The summed E-state index contributed by atoms with van der Waals surface area (Å²) in [7, 11) is 0. The van der Waals surface area contributed by atoms with Crippen LogP contribution in [0.15, 0.2) is 39.5 Å². The average Bonchev–Trinajstić information content (AvgIpc) is 2.59. The molecule has 2 rings (SSSR count). The summed E-state index contributed by atoms with van der Waals surface area (Å²) in [5.41, 5.74) is 9.52. The Balaban J connectivity index is 2.74. The molecule has 0 aliphatic rings. The second-order valence-corrected chi connectivity index (χ2v) is 6.01. The minimum absolute atomic E-state index is 0.454. The van der Waals surface area contributed by atoms with Crippen LogP contribution in [0.1, 0.15) is 4.88 Å². The highest BCUT2D eigenvalue weighted by molar-refractivity contribution is 9.11. The molecule has 0 aliphatic heterocycles. The van der Waals surface area contributed by atoms with Gasteiger partial charge in [0.1, 0.15) is 0 Å². The Hall–Kier alpha value is -0.380. The highest BCUT2D eigenvalue weighted by Gasteiger charge is 2.12.